The Balaban J connectivity index is 1.20. The van der Waals surface area contributed by atoms with Crippen LogP contribution < -0.4 is 9.80 Å². The number of rotatable bonds is 10. The standard InChI is InChI=1S/C52H36N6/c1-37-15-25-43(26-16-37)57(41-11-7-5-8-12-41)45-29-19-39(20-30-45)23-33-47-49(35-53)51(55-3)48(52(56-4)50(47)36-54)34-24-40-21-31-46(32-22-40)58(42-13-9-6-10-14-42)44-27-17-38(2)18-28-44/h5-34H,1-2H3. The van der Waals surface area contributed by atoms with E-state index in [2.05, 4.69) is 118 Å². The summed E-state index contributed by atoms with van der Waals surface area (Å²) in [6.07, 6.45) is 6.91. The Bertz CT molecular complexity index is 2540. The van der Waals surface area contributed by atoms with Crippen molar-refractivity contribution in [3.63, 3.8) is 0 Å². The first-order chi connectivity index (χ1) is 28.4. The molecular weight excluding hydrogens is 709 g/mol. The van der Waals surface area contributed by atoms with Crippen LogP contribution in [-0.4, -0.2) is 0 Å². The average Bonchev–Trinajstić information content (AvgIpc) is 3.27. The van der Waals surface area contributed by atoms with Gasteiger partial charge in [0, 0.05) is 34.1 Å². The van der Waals surface area contributed by atoms with Gasteiger partial charge in [0.05, 0.1) is 36.4 Å². The second-order valence-electron chi connectivity index (χ2n) is 13.6. The van der Waals surface area contributed by atoms with E-state index in [4.69, 9.17) is 13.1 Å². The third-order valence-electron chi connectivity index (χ3n) is 9.77. The van der Waals surface area contributed by atoms with Gasteiger partial charge in [-0.15, -0.1) is 0 Å². The molecule has 0 spiro atoms. The van der Waals surface area contributed by atoms with Gasteiger partial charge in [0.15, 0.2) is 0 Å². The zero-order chi connectivity index (χ0) is 40.4. The molecule has 0 bridgehead atoms. The first-order valence-electron chi connectivity index (χ1n) is 18.6. The fraction of sp³-hybridized carbons (Fsp3) is 0.0385. The highest BCUT2D eigenvalue weighted by molar-refractivity contribution is 5.96. The minimum Gasteiger partial charge on any atom is -0.311 e. The lowest BCUT2D eigenvalue weighted by Gasteiger charge is -2.25. The van der Waals surface area contributed by atoms with Gasteiger partial charge in [-0.1, -0.05) is 120 Å². The Kier molecular flexibility index (Phi) is 11.3. The van der Waals surface area contributed by atoms with Crippen molar-refractivity contribution in [2.24, 2.45) is 0 Å². The Morgan fingerprint density at radius 1 is 0.414 bits per heavy atom. The fourth-order valence-corrected chi connectivity index (χ4v) is 6.81. The van der Waals surface area contributed by atoms with Crippen molar-refractivity contribution >= 4 is 69.8 Å². The highest BCUT2D eigenvalue weighted by atomic mass is 15.1. The van der Waals surface area contributed by atoms with Crippen molar-refractivity contribution in [3.05, 3.63) is 225 Å². The van der Waals surface area contributed by atoms with E-state index < -0.39 is 0 Å². The lowest BCUT2D eigenvalue weighted by Crippen LogP contribution is -2.09. The first-order valence-corrected chi connectivity index (χ1v) is 18.6. The third-order valence-corrected chi connectivity index (χ3v) is 9.77. The van der Waals surface area contributed by atoms with Gasteiger partial charge in [-0.05, 0) is 109 Å². The highest BCUT2D eigenvalue weighted by Crippen LogP contribution is 2.42. The number of hydrogen-bond acceptors (Lipinski definition) is 4. The van der Waals surface area contributed by atoms with Crippen molar-refractivity contribution in [1.29, 1.82) is 10.5 Å². The number of benzene rings is 7. The molecule has 6 nitrogen and oxygen atoms in total. The van der Waals surface area contributed by atoms with E-state index in [1.54, 1.807) is 24.3 Å². The van der Waals surface area contributed by atoms with Crippen LogP contribution in [0.15, 0.2) is 158 Å². The Morgan fingerprint density at radius 2 is 0.724 bits per heavy atom. The van der Waals surface area contributed by atoms with Gasteiger partial charge in [0.2, 0.25) is 11.4 Å². The smallest absolute Gasteiger partial charge is 0.202 e. The van der Waals surface area contributed by atoms with Crippen LogP contribution >= 0.6 is 0 Å². The predicted octanol–water partition coefficient (Wildman–Crippen LogP) is 14.4. The molecule has 7 aromatic rings. The summed E-state index contributed by atoms with van der Waals surface area (Å²) in [5.41, 5.74) is 10.6. The second kappa shape index (κ2) is 17.4. The lowest BCUT2D eigenvalue weighted by molar-refractivity contribution is 1.27. The number of anilines is 6. The maximum Gasteiger partial charge on any atom is 0.202 e. The van der Waals surface area contributed by atoms with Crippen molar-refractivity contribution in [2.45, 2.75) is 13.8 Å². The maximum atomic E-state index is 10.4. The highest BCUT2D eigenvalue weighted by Gasteiger charge is 2.22. The van der Waals surface area contributed by atoms with E-state index in [9.17, 15) is 10.5 Å². The molecule has 0 aromatic heterocycles. The van der Waals surface area contributed by atoms with Crippen LogP contribution in [0.2, 0.25) is 0 Å². The van der Waals surface area contributed by atoms with Gasteiger partial charge in [0.25, 0.3) is 0 Å². The summed E-state index contributed by atoms with van der Waals surface area (Å²) < 4.78 is 0. The van der Waals surface area contributed by atoms with Gasteiger partial charge in [-0.2, -0.15) is 10.5 Å². The van der Waals surface area contributed by atoms with Gasteiger partial charge < -0.3 is 9.80 Å². The quantitative estimate of drug-likeness (QED) is 0.103. The normalized spacial score (nSPS) is 10.7. The van der Waals surface area contributed by atoms with E-state index in [1.165, 1.54) is 11.1 Å². The van der Waals surface area contributed by atoms with E-state index in [0.717, 1.165) is 45.3 Å². The average molecular weight is 745 g/mol. The molecule has 274 valence electrons. The first kappa shape index (κ1) is 37.9. The van der Waals surface area contributed by atoms with Gasteiger partial charge in [-0.3, -0.25) is 0 Å². The summed E-state index contributed by atoms with van der Waals surface area (Å²) in [5, 5.41) is 20.8. The molecule has 0 atom stereocenters. The summed E-state index contributed by atoms with van der Waals surface area (Å²) in [6.45, 7) is 20.3. The van der Waals surface area contributed by atoms with Crippen LogP contribution in [0.3, 0.4) is 0 Å². The summed E-state index contributed by atoms with van der Waals surface area (Å²) in [6, 6.07) is 57.2. The van der Waals surface area contributed by atoms with E-state index in [0.29, 0.717) is 0 Å². The number of nitrogens with zero attached hydrogens (tertiary/aromatic N) is 6. The van der Waals surface area contributed by atoms with Crippen LogP contribution in [0.5, 0.6) is 0 Å². The molecule has 0 amide bonds. The molecule has 0 unspecified atom stereocenters. The minimum atomic E-state index is 0.0293. The van der Waals surface area contributed by atoms with Crippen LogP contribution in [0, 0.1) is 49.7 Å². The van der Waals surface area contributed by atoms with Gasteiger partial charge in [-0.25, -0.2) is 9.69 Å². The number of para-hydroxylation sites is 2. The zero-order valence-electron chi connectivity index (χ0n) is 32.0. The molecule has 0 aliphatic heterocycles. The number of nitriles is 2. The Morgan fingerprint density at radius 3 is 1.05 bits per heavy atom. The van der Waals surface area contributed by atoms with E-state index in [-0.39, 0.29) is 33.6 Å². The molecule has 0 heterocycles. The van der Waals surface area contributed by atoms with Crippen molar-refractivity contribution in [2.75, 3.05) is 9.80 Å². The molecule has 7 aromatic carbocycles. The SMILES string of the molecule is [C-]#[N+]c1c(C#N)c(C=Cc2ccc(N(c3ccccc3)c3ccc(C)cc3)cc2)c(C#N)c([N+]#[C-])c1C=Cc1ccc(N(c2ccccc2)c2ccc(C)cc2)cc1. The third kappa shape index (κ3) is 8.00. The molecule has 0 N–H and O–H groups in total. The molecular formula is C52H36N6. The van der Waals surface area contributed by atoms with Crippen LogP contribution in [0.25, 0.3) is 34.0 Å². The molecule has 7 rings (SSSR count). The van der Waals surface area contributed by atoms with Crippen molar-refractivity contribution < 1.29 is 0 Å². The van der Waals surface area contributed by atoms with E-state index >= 15 is 0 Å². The summed E-state index contributed by atoms with van der Waals surface area (Å²) >= 11 is 0. The molecule has 0 aliphatic rings. The summed E-state index contributed by atoms with van der Waals surface area (Å²) in [5.74, 6) is 0. The summed E-state index contributed by atoms with van der Waals surface area (Å²) in [4.78, 5) is 11.8. The van der Waals surface area contributed by atoms with Gasteiger partial charge in [0.1, 0.15) is 0 Å². The number of hydrogen-bond donors (Lipinski definition) is 0. The second-order valence-corrected chi connectivity index (χ2v) is 13.6. The van der Waals surface area contributed by atoms with Crippen molar-refractivity contribution in [3.8, 4) is 12.1 Å². The Labute approximate surface area is 340 Å². The largest absolute Gasteiger partial charge is 0.311 e. The lowest BCUT2D eigenvalue weighted by atomic mass is 9.92. The van der Waals surface area contributed by atoms with Gasteiger partial charge >= 0.3 is 0 Å². The number of aryl methyl sites for hydroxylation is 2. The van der Waals surface area contributed by atoms with Crippen LogP contribution in [-0.2, 0) is 0 Å². The maximum absolute atomic E-state index is 10.4. The summed E-state index contributed by atoms with van der Waals surface area (Å²) in [7, 11) is 0. The topological polar surface area (TPSA) is 62.8 Å². The molecule has 0 fully saturated rings. The molecule has 58 heavy (non-hydrogen) atoms. The van der Waals surface area contributed by atoms with Crippen LogP contribution in [0.4, 0.5) is 45.5 Å². The van der Waals surface area contributed by atoms with Crippen LogP contribution in [0.1, 0.15) is 44.5 Å². The fourth-order valence-electron chi connectivity index (χ4n) is 6.81. The predicted molar refractivity (Wildman–Crippen MR) is 238 cm³/mol. The minimum absolute atomic E-state index is 0.0293. The monoisotopic (exact) mass is 744 g/mol. The van der Waals surface area contributed by atoms with Crippen molar-refractivity contribution in [1.82, 2.24) is 0 Å². The molecule has 0 saturated heterocycles. The molecule has 6 heteroatoms. The van der Waals surface area contributed by atoms with E-state index in [1.807, 2.05) is 84.9 Å². The Hall–Kier alpha value is -8.42. The zero-order valence-corrected chi connectivity index (χ0v) is 32.0. The molecule has 0 radical (unpaired) electrons. The molecule has 0 aliphatic carbocycles. The molecule has 0 saturated carbocycles.